The van der Waals surface area contributed by atoms with E-state index in [9.17, 15) is 9.59 Å². The molecule has 0 aliphatic carbocycles. The summed E-state index contributed by atoms with van der Waals surface area (Å²) in [5, 5.41) is 17.8. The van der Waals surface area contributed by atoms with Crippen molar-refractivity contribution in [1.29, 1.82) is 5.26 Å². The van der Waals surface area contributed by atoms with E-state index in [2.05, 4.69) is 20.9 Å². The van der Waals surface area contributed by atoms with Gasteiger partial charge in [-0.3, -0.25) is 9.69 Å². The summed E-state index contributed by atoms with van der Waals surface area (Å²) in [6.07, 6.45) is 3.00. The average molecular weight is 426 g/mol. The van der Waals surface area contributed by atoms with Crippen molar-refractivity contribution in [3.8, 4) is 6.07 Å². The highest BCUT2D eigenvalue weighted by Gasteiger charge is 2.24. The van der Waals surface area contributed by atoms with Crippen molar-refractivity contribution in [2.75, 3.05) is 30.3 Å². The van der Waals surface area contributed by atoms with E-state index in [0.717, 1.165) is 31.5 Å². The summed E-state index contributed by atoms with van der Waals surface area (Å²) in [6, 6.07) is 15.9. The molecule has 30 heavy (non-hydrogen) atoms. The number of hydrogen-bond donors (Lipinski definition) is 3. The molecule has 1 heterocycles. The van der Waals surface area contributed by atoms with Gasteiger partial charge in [0.15, 0.2) is 0 Å². The molecule has 3 N–H and O–H groups in total. The third-order valence-electron chi connectivity index (χ3n) is 5.00. The Morgan fingerprint density at radius 1 is 1.10 bits per heavy atom. The number of nitrogens with one attached hydrogen (secondary N) is 3. The molecule has 0 saturated carbocycles. The molecule has 1 atom stereocenters. The molecular weight excluding hydrogens is 402 g/mol. The molecule has 0 spiro atoms. The molecule has 2 aromatic carbocycles. The van der Waals surface area contributed by atoms with Crippen LogP contribution in [-0.4, -0.2) is 42.5 Å². The van der Waals surface area contributed by atoms with E-state index in [4.69, 9.17) is 16.9 Å². The summed E-state index contributed by atoms with van der Waals surface area (Å²) < 4.78 is 0. The Bertz CT molecular complexity index is 929. The highest BCUT2D eigenvalue weighted by molar-refractivity contribution is 6.32. The largest absolute Gasteiger partial charge is 0.336 e. The quantitative estimate of drug-likeness (QED) is 0.655. The van der Waals surface area contributed by atoms with Crippen LogP contribution in [0.5, 0.6) is 0 Å². The van der Waals surface area contributed by atoms with Crippen LogP contribution in [0.3, 0.4) is 0 Å². The monoisotopic (exact) mass is 425 g/mol. The third-order valence-corrected chi connectivity index (χ3v) is 5.31. The zero-order valence-electron chi connectivity index (χ0n) is 16.5. The molecular formula is C22H24ClN5O2. The minimum absolute atomic E-state index is 0.0931. The Morgan fingerprint density at radius 3 is 2.63 bits per heavy atom. The summed E-state index contributed by atoms with van der Waals surface area (Å²) in [5.41, 5.74) is 1.65. The molecule has 1 aliphatic heterocycles. The van der Waals surface area contributed by atoms with Gasteiger partial charge in [-0.15, -0.1) is 0 Å². The van der Waals surface area contributed by atoms with Gasteiger partial charge < -0.3 is 16.0 Å². The summed E-state index contributed by atoms with van der Waals surface area (Å²) in [7, 11) is 0. The van der Waals surface area contributed by atoms with E-state index in [1.165, 1.54) is 0 Å². The van der Waals surface area contributed by atoms with Crippen molar-refractivity contribution in [2.45, 2.75) is 25.3 Å². The zero-order chi connectivity index (χ0) is 21.3. The van der Waals surface area contributed by atoms with Crippen molar-refractivity contribution in [1.82, 2.24) is 10.2 Å². The molecule has 3 amide bonds. The summed E-state index contributed by atoms with van der Waals surface area (Å²) >= 11 is 6.03. The minimum atomic E-state index is -0.261. The predicted molar refractivity (Wildman–Crippen MR) is 117 cm³/mol. The first-order chi connectivity index (χ1) is 14.5. The Kier molecular flexibility index (Phi) is 7.66. The van der Waals surface area contributed by atoms with Gasteiger partial charge >= 0.3 is 6.03 Å². The van der Waals surface area contributed by atoms with E-state index in [-0.39, 0.29) is 24.5 Å². The summed E-state index contributed by atoms with van der Waals surface area (Å²) in [6.45, 7) is 1.49. The number of para-hydroxylation sites is 1. The maximum absolute atomic E-state index is 12.5. The zero-order valence-corrected chi connectivity index (χ0v) is 17.3. The van der Waals surface area contributed by atoms with Crippen molar-refractivity contribution in [3.63, 3.8) is 0 Å². The fraction of sp³-hybridized carbons (Fsp3) is 0.318. The van der Waals surface area contributed by atoms with Gasteiger partial charge in [-0.2, -0.15) is 5.26 Å². The second kappa shape index (κ2) is 10.6. The van der Waals surface area contributed by atoms with Crippen molar-refractivity contribution < 1.29 is 9.59 Å². The SMILES string of the molecule is N#Cc1ccc(NC(=O)CN2CCCCC2CNC(=O)Nc2ccccc2)cc1Cl. The molecule has 1 unspecified atom stereocenters. The van der Waals surface area contributed by atoms with Gasteiger partial charge in [0, 0.05) is 24.0 Å². The first-order valence-corrected chi connectivity index (χ1v) is 10.3. The van der Waals surface area contributed by atoms with Crippen molar-refractivity contribution in [3.05, 3.63) is 59.1 Å². The summed E-state index contributed by atoms with van der Waals surface area (Å²) in [4.78, 5) is 26.8. The Hall–Kier alpha value is -3.08. The molecule has 156 valence electrons. The topological polar surface area (TPSA) is 97.3 Å². The lowest BCUT2D eigenvalue weighted by Crippen LogP contribution is -2.49. The molecule has 0 aromatic heterocycles. The maximum atomic E-state index is 12.5. The molecule has 1 fully saturated rings. The van der Waals surface area contributed by atoms with E-state index in [1.54, 1.807) is 18.2 Å². The van der Waals surface area contributed by atoms with Crippen LogP contribution in [0.15, 0.2) is 48.5 Å². The lowest BCUT2D eigenvalue weighted by atomic mass is 10.0. The van der Waals surface area contributed by atoms with Gasteiger partial charge in [-0.1, -0.05) is 36.2 Å². The predicted octanol–water partition coefficient (Wildman–Crippen LogP) is 3.83. The Balaban J connectivity index is 1.51. The van der Waals surface area contributed by atoms with Gasteiger partial charge in [-0.25, -0.2) is 4.79 Å². The number of rotatable bonds is 6. The third kappa shape index (κ3) is 6.21. The number of amides is 3. The van der Waals surface area contributed by atoms with E-state index in [0.29, 0.717) is 22.8 Å². The number of carbonyl (C=O) groups excluding carboxylic acids is 2. The molecule has 1 saturated heterocycles. The van der Waals surface area contributed by atoms with Gasteiger partial charge in [0.2, 0.25) is 5.91 Å². The number of likely N-dealkylation sites (tertiary alicyclic amines) is 1. The Labute approximate surface area is 181 Å². The van der Waals surface area contributed by atoms with Gasteiger partial charge in [0.1, 0.15) is 6.07 Å². The summed E-state index contributed by atoms with van der Waals surface area (Å²) in [5.74, 6) is -0.156. The van der Waals surface area contributed by atoms with Crippen LogP contribution in [-0.2, 0) is 4.79 Å². The molecule has 2 aromatic rings. The normalized spacial score (nSPS) is 16.3. The van der Waals surface area contributed by atoms with Crippen LogP contribution >= 0.6 is 11.6 Å². The minimum Gasteiger partial charge on any atom is -0.336 e. The fourth-order valence-electron chi connectivity index (χ4n) is 3.48. The standard InChI is InChI=1S/C22H24ClN5O2/c23-20-12-18(10-9-16(20)13-24)26-21(29)15-28-11-5-4-8-19(28)14-25-22(30)27-17-6-2-1-3-7-17/h1-3,6-7,9-10,12,19H,4-5,8,11,14-15H2,(H,26,29)(H2,25,27,30). The van der Waals surface area contributed by atoms with Crippen LogP contribution in [0.25, 0.3) is 0 Å². The number of halogens is 1. The van der Waals surface area contributed by atoms with Gasteiger partial charge in [-0.05, 0) is 49.7 Å². The number of hydrogen-bond acceptors (Lipinski definition) is 4. The highest BCUT2D eigenvalue weighted by Crippen LogP contribution is 2.21. The molecule has 1 aliphatic rings. The molecule has 0 radical (unpaired) electrons. The van der Waals surface area contributed by atoms with Crippen LogP contribution in [0.2, 0.25) is 5.02 Å². The maximum Gasteiger partial charge on any atom is 0.319 e. The number of nitrogens with zero attached hydrogens (tertiary/aromatic N) is 2. The second-order valence-corrected chi connectivity index (χ2v) is 7.58. The number of urea groups is 1. The van der Waals surface area contributed by atoms with Crippen LogP contribution in [0.4, 0.5) is 16.2 Å². The lowest BCUT2D eigenvalue weighted by molar-refractivity contribution is -0.118. The first-order valence-electron chi connectivity index (χ1n) is 9.88. The van der Waals surface area contributed by atoms with Gasteiger partial charge in [0.25, 0.3) is 0 Å². The molecule has 8 heteroatoms. The van der Waals surface area contributed by atoms with E-state index >= 15 is 0 Å². The van der Waals surface area contributed by atoms with E-state index in [1.807, 2.05) is 36.4 Å². The first kappa shape index (κ1) is 21.6. The Morgan fingerprint density at radius 2 is 1.90 bits per heavy atom. The number of nitriles is 1. The number of piperidine rings is 1. The van der Waals surface area contributed by atoms with Crippen LogP contribution in [0.1, 0.15) is 24.8 Å². The molecule has 3 rings (SSSR count). The van der Waals surface area contributed by atoms with Crippen molar-refractivity contribution >= 4 is 34.9 Å². The lowest BCUT2D eigenvalue weighted by Gasteiger charge is -2.35. The molecule has 0 bridgehead atoms. The van der Waals surface area contributed by atoms with Gasteiger partial charge in [0.05, 0.1) is 17.1 Å². The average Bonchev–Trinajstić information content (AvgIpc) is 2.74. The number of benzene rings is 2. The smallest absolute Gasteiger partial charge is 0.319 e. The highest BCUT2D eigenvalue weighted by atomic mass is 35.5. The number of anilines is 2. The van der Waals surface area contributed by atoms with Crippen LogP contribution < -0.4 is 16.0 Å². The van der Waals surface area contributed by atoms with E-state index < -0.39 is 0 Å². The fourth-order valence-corrected chi connectivity index (χ4v) is 3.70. The number of carbonyl (C=O) groups is 2. The van der Waals surface area contributed by atoms with Crippen LogP contribution in [0, 0.1) is 11.3 Å². The van der Waals surface area contributed by atoms with Crippen molar-refractivity contribution in [2.24, 2.45) is 0 Å². The second-order valence-electron chi connectivity index (χ2n) is 7.18. The molecule has 7 nitrogen and oxygen atoms in total.